The smallest absolute Gasteiger partial charge is 0.290 e. The summed E-state index contributed by atoms with van der Waals surface area (Å²) in [5, 5.41) is 22.8. The molecule has 6 heteroatoms. The first-order chi connectivity index (χ1) is 10.2. The van der Waals surface area contributed by atoms with Gasteiger partial charge >= 0.3 is 0 Å². The van der Waals surface area contributed by atoms with Crippen molar-refractivity contribution in [1.29, 1.82) is 5.26 Å². The Bertz CT molecular complexity index is 708. The van der Waals surface area contributed by atoms with E-state index in [0.717, 1.165) is 5.56 Å². The molecule has 2 aromatic carbocycles. The molecule has 1 N–H and O–H groups in total. The van der Waals surface area contributed by atoms with E-state index >= 15 is 0 Å². The SMILES string of the molecule is CNCc1ccccc1Oc1ccc(C#N)c([N+](=O)[O-])c1. The lowest BCUT2D eigenvalue weighted by atomic mass is 10.2. The molecule has 0 saturated heterocycles. The van der Waals surface area contributed by atoms with Crippen LogP contribution >= 0.6 is 0 Å². The molecule has 0 saturated carbocycles. The molecule has 0 aliphatic rings. The Kier molecular flexibility index (Phi) is 4.49. The average Bonchev–Trinajstić information content (AvgIpc) is 2.49. The number of para-hydroxylation sites is 1. The van der Waals surface area contributed by atoms with Crippen molar-refractivity contribution in [2.45, 2.75) is 6.54 Å². The molecule has 0 heterocycles. The van der Waals surface area contributed by atoms with Crippen molar-refractivity contribution in [2.24, 2.45) is 0 Å². The van der Waals surface area contributed by atoms with Gasteiger partial charge in [-0.1, -0.05) is 18.2 Å². The zero-order valence-corrected chi connectivity index (χ0v) is 11.4. The van der Waals surface area contributed by atoms with Gasteiger partial charge < -0.3 is 10.1 Å². The Hall–Kier alpha value is -2.91. The second-order valence-electron chi connectivity index (χ2n) is 4.29. The maximum absolute atomic E-state index is 10.9. The zero-order chi connectivity index (χ0) is 15.2. The number of hydrogen-bond acceptors (Lipinski definition) is 5. The average molecular weight is 283 g/mol. The van der Waals surface area contributed by atoms with Crippen molar-refractivity contribution in [1.82, 2.24) is 5.32 Å². The number of ether oxygens (including phenoxy) is 1. The number of benzene rings is 2. The Labute approximate surface area is 121 Å². The summed E-state index contributed by atoms with van der Waals surface area (Å²) < 4.78 is 5.70. The molecule has 2 rings (SSSR count). The monoisotopic (exact) mass is 283 g/mol. The fourth-order valence-electron chi connectivity index (χ4n) is 1.89. The summed E-state index contributed by atoms with van der Waals surface area (Å²) in [5.41, 5.74) is 0.684. The molecule has 0 aromatic heterocycles. The van der Waals surface area contributed by atoms with Crippen molar-refractivity contribution in [3.8, 4) is 17.6 Å². The first-order valence-electron chi connectivity index (χ1n) is 6.24. The van der Waals surface area contributed by atoms with Gasteiger partial charge in [-0.05, 0) is 25.2 Å². The van der Waals surface area contributed by atoms with Crippen molar-refractivity contribution < 1.29 is 9.66 Å². The van der Waals surface area contributed by atoms with Crippen LogP contribution in [0.4, 0.5) is 5.69 Å². The highest BCUT2D eigenvalue weighted by atomic mass is 16.6. The second-order valence-corrected chi connectivity index (χ2v) is 4.29. The molecule has 106 valence electrons. The van der Waals surface area contributed by atoms with Crippen LogP contribution in [-0.4, -0.2) is 12.0 Å². The summed E-state index contributed by atoms with van der Waals surface area (Å²) in [6.45, 7) is 0.620. The van der Waals surface area contributed by atoms with Crippen LogP contribution in [-0.2, 0) is 6.54 Å². The quantitative estimate of drug-likeness (QED) is 0.673. The van der Waals surface area contributed by atoms with Gasteiger partial charge in [0.25, 0.3) is 5.69 Å². The van der Waals surface area contributed by atoms with Gasteiger partial charge in [-0.3, -0.25) is 10.1 Å². The van der Waals surface area contributed by atoms with Gasteiger partial charge in [-0.15, -0.1) is 0 Å². The fourth-order valence-corrected chi connectivity index (χ4v) is 1.89. The van der Waals surface area contributed by atoms with E-state index in [1.54, 1.807) is 18.2 Å². The number of rotatable bonds is 5. The van der Waals surface area contributed by atoms with E-state index < -0.39 is 4.92 Å². The van der Waals surface area contributed by atoms with E-state index in [1.807, 2.05) is 25.2 Å². The molecule has 0 fully saturated rings. The summed E-state index contributed by atoms with van der Waals surface area (Å²) >= 11 is 0. The zero-order valence-electron chi connectivity index (χ0n) is 11.4. The maximum atomic E-state index is 10.9. The molecule has 0 aliphatic heterocycles. The topological polar surface area (TPSA) is 88.2 Å². The number of nitrogens with one attached hydrogen (secondary N) is 1. The highest BCUT2D eigenvalue weighted by molar-refractivity contribution is 5.53. The van der Waals surface area contributed by atoms with Crippen molar-refractivity contribution in [3.63, 3.8) is 0 Å². The van der Waals surface area contributed by atoms with Crippen LogP contribution in [0.25, 0.3) is 0 Å². The first-order valence-corrected chi connectivity index (χ1v) is 6.24. The van der Waals surface area contributed by atoms with Crippen LogP contribution in [0.3, 0.4) is 0 Å². The van der Waals surface area contributed by atoms with Gasteiger partial charge in [-0.2, -0.15) is 5.26 Å². The third kappa shape index (κ3) is 3.35. The molecule has 0 unspecified atom stereocenters. The second kappa shape index (κ2) is 6.50. The Morgan fingerprint density at radius 2 is 2.10 bits per heavy atom. The highest BCUT2D eigenvalue weighted by Gasteiger charge is 2.15. The maximum Gasteiger partial charge on any atom is 0.290 e. The van der Waals surface area contributed by atoms with E-state index in [4.69, 9.17) is 10.00 Å². The van der Waals surface area contributed by atoms with Crippen LogP contribution in [0, 0.1) is 21.4 Å². The summed E-state index contributed by atoms with van der Waals surface area (Å²) in [4.78, 5) is 10.4. The van der Waals surface area contributed by atoms with Gasteiger partial charge in [-0.25, -0.2) is 0 Å². The lowest BCUT2D eigenvalue weighted by Crippen LogP contribution is -2.06. The van der Waals surface area contributed by atoms with E-state index in [1.165, 1.54) is 12.1 Å². The highest BCUT2D eigenvalue weighted by Crippen LogP contribution is 2.29. The number of nitro benzene ring substituents is 1. The van der Waals surface area contributed by atoms with E-state index in [0.29, 0.717) is 18.0 Å². The number of hydrogen-bond donors (Lipinski definition) is 1. The molecular weight excluding hydrogens is 270 g/mol. The summed E-state index contributed by atoms with van der Waals surface area (Å²) in [5.74, 6) is 0.940. The molecule has 2 aromatic rings. The molecule has 0 spiro atoms. The summed E-state index contributed by atoms with van der Waals surface area (Å²) in [6.07, 6.45) is 0. The first kappa shape index (κ1) is 14.5. The van der Waals surface area contributed by atoms with Crippen LogP contribution in [0.1, 0.15) is 11.1 Å². The van der Waals surface area contributed by atoms with E-state index in [2.05, 4.69) is 5.32 Å². The third-order valence-electron chi connectivity index (χ3n) is 2.85. The molecule has 6 nitrogen and oxygen atoms in total. The minimum Gasteiger partial charge on any atom is -0.457 e. The van der Waals surface area contributed by atoms with Crippen LogP contribution in [0.2, 0.25) is 0 Å². The molecule has 0 amide bonds. The Morgan fingerprint density at radius 1 is 1.33 bits per heavy atom. The van der Waals surface area contributed by atoms with Crippen molar-refractivity contribution in [2.75, 3.05) is 7.05 Å². The minimum absolute atomic E-state index is 0.0101. The van der Waals surface area contributed by atoms with Gasteiger partial charge in [0.2, 0.25) is 0 Å². The van der Waals surface area contributed by atoms with Crippen LogP contribution < -0.4 is 10.1 Å². The number of nitrogens with zero attached hydrogens (tertiary/aromatic N) is 2. The molecule has 0 atom stereocenters. The van der Waals surface area contributed by atoms with E-state index in [9.17, 15) is 10.1 Å². The largest absolute Gasteiger partial charge is 0.457 e. The van der Waals surface area contributed by atoms with Crippen LogP contribution in [0.15, 0.2) is 42.5 Å². The molecule has 21 heavy (non-hydrogen) atoms. The molecular formula is C15H13N3O3. The van der Waals surface area contributed by atoms with Gasteiger partial charge in [0.05, 0.1) is 11.0 Å². The normalized spacial score (nSPS) is 9.90. The van der Waals surface area contributed by atoms with E-state index in [-0.39, 0.29) is 11.3 Å². The van der Waals surface area contributed by atoms with Gasteiger partial charge in [0, 0.05) is 12.1 Å². The standard InChI is InChI=1S/C15H13N3O3/c1-17-10-12-4-2-3-5-15(12)21-13-7-6-11(9-16)14(8-13)18(19)20/h2-8,17H,10H2,1H3. The number of nitriles is 1. The van der Waals surface area contributed by atoms with Gasteiger partial charge in [0.15, 0.2) is 0 Å². The Balaban J connectivity index is 2.35. The lowest BCUT2D eigenvalue weighted by Gasteiger charge is -2.10. The van der Waals surface area contributed by atoms with Crippen molar-refractivity contribution in [3.05, 3.63) is 63.7 Å². The molecule has 0 bridgehead atoms. The fraction of sp³-hybridized carbons (Fsp3) is 0.133. The molecule has 0 aliphatic carbocycles. The Morgan fingerprint density at radius 3 is 2.76 bits per heavy atom. The minimum atomic E-state index is -0.592. The lowest BCUT2D eigenvalue weighted by molar-refractivity contribution is -0.385. The predicted octanol–water partition coefficient (Wildman–Crippen LogP) is 2.98. The van der Waals surface area contributed by atoms with Crippen molar-refractivity contribution >= 4 is 5.69 Å². The predicted molar refractivity (Wildman–Crippen MR) is 77.1 cm³/mol. The molecule has 0 radical (unpaired) electrons. The van der Waals surface area contributed by atoms with Crippen LogP contribution in [0.5, 0.6) is 11.5 Å². The summed E-state index contributed by atoms with van der Waals surface area (Å²) in [6, 6.07) is 13.4. The van der Waals surface area contributed by atoms with Gasteiger partial charge in [0.1, 0.15) is 23.1 Å². The summed E-state index contributed by atoms with van der Waals surface area (Å²) in [7, 11) is 1.82. The third-order valence-corrected chi connectivity index (χ3v) is 2.85. The number of nitro groups is 1.